The van der Waals surface area contributed by atoms with Crippen molar-refractivity contribution in [3.8, 4) is 0 Å². The van der Waals surface area contributed by atoms with Gasteiger partial charge < -0.3 is 10.6 Å². The number of hydrogen-bond donors (Lipinski definition) is 2. The smallest absolute Gasteiger partial charge is 0.235 e. The van der Waals surface area contributed by atoms with Crippen LogP contribution in [0.2, 0.25) is 5.02 Å². The zero-order chi connectivity index (χ0) is 18.0. The van der Waals surface area contributed by atoms with Gasteiger partial charge in [0.25, 0.3) is 0 Å². The molecule has 2 N–H and O–H groups in total. The van der Waals surface area contributed by atoms with E-state index in [1.807, 2.05) is 56.3 Å². The van der Waals surface area contributed by atoms with E-state index < -0.39 is 5.92 Å². The van der Waals surface area contributed by atoms with Crippen LogP contribution in [0.15, 0.2) is 53.5 Å². The minimum Gasteiger partial charge on any atom is -0.353 e. The van der Waals surface area contributed by atoms with Gasteiger partial charge in [-0.15, -0.1) is 0 Å². The minimum absolute atomic E-state index is 0.134. The molecule has 0 aromatic heterocycles. The number of carbonyl (C=O) groups excluding carboxylic acids is 1. The van der Waals surface area contributed by atoms with Crippen LogP contribution in [0.3, 0.4) is 0 Å². The maximum Gasteiger partial charge on any atom is 0.235 e. The lowest BCUT2D eigenvalue weighted by atomic mass is 9.87. The van der Waals surface area contributed by atoms with Crippen LogP contribution in [0.5, 0.6) is 0 Å². The Morgan fingerprint density at radius 2 is 1.92 bits per heavy atom. The molecule has 0 spiro atoms. The van der Waals surface area contributed by atoms with Crippen LogP contribution in [0.1, 0.15) is 24.1 Å². The average Bonchev–Trinajstić information content (AvgIpc) is 2.56. The normalized spacial score (nSPS) is 19.8. The summed E-state index contributed by atoms with van der Waals surface area (Å²) in [4.78, 5) is 17.2. The highest BCUT2D eigenvalue weighted by Crippen LogP contribution is 2.29. The van der Waals surface area contributed by atoms with Gasteiger partial charge in [-0.05, 0) is 55.9 Å². The Hall–Kier alpha value is -2.24. The van der Waals surface area contributed by atoms with Crippen molar-refractivity contribution in [2.45, 2.75) is 19.9 Å². The van der Waals surface area contributed by atoms with Crippen LogP contribution in [0.25, 0.3) is 0 Å². The van der Waals surface area contributed by atoms with Crippen molar-refractivity contribution in [1.29, 1.82) is 0 Å². The third kappa shape index (κ3) is 4.06. The van der Waals surface area contributed by atoms with Gasteiger partial charge in [0.1, 0.15) is 5.92 Å². The molecule has 0 saturated heterocycles. The lowest BCUT2D eigenvalue weighted by Crippen LogP contribution is -2.45. The summed E-state index contributed by atoms with van der Waals surface area (Å²) in [6.07, 6.45) is 0. The first-order valence-corrected chi connectivity index (χ1v) is 8.71. The number of nitrogens with zero attached hydrogens (tertiary/aromatic N) is 1. The highest BCUT2D eigenvalue weighted by Gasteiger charge is 2.35. The van der Waals surface area contributed by atoms with Crippen molar-refractivity contribution in [2.24, 2.45) is 10.9 Å². The average molecular weight is 372 g/mol. The topological polar surface area (TPSA) is 53.5 Å². The molecule has 1 amide bonds. The SMILES string of the molecule is CC1=NC(=S)NC(c2cccc(Cl)c2)C1C(=O)Nc1ccc(C)cc1. The number of benzene rings is 2. The van der Waals surface area contributed by atoms with Crippen LogP contribution in [0.4, 0.5) is 5.69 Å². The molecule has 2 unspecified atom stereocenters. The molecule has 2 atom stereocenters. The summed E-state index contributed by atoms with van der Waals surface area (Å²) in [6, 6.07) is 14.8. The van der Waals surface area contributed by atoms with E-state index in [1.54, 1.807) is 6.07 Å². The van der Waals surface area contributed by atoms with Gasteiger partial charge >= 0.3 is 0 Å². The van der Waals surface area contributed by atoms with E-state index >= 15 is 0 Å². The lowest BCUT2D eigenvalue weighted by Gasteiger charge is -2.31. The summed E-state index contributed by atoms with van der Waals surface area (Å²) < 4.78 is 0. The Kier molecular flexibility index (Phi) is 5.16. The Balaban J connectivity index is 1.91. The third-order valence-electron chi connectivity index (χ3n) is 4.15. The molecule has 2 aromatic carbocycles. The van der Waals surface area contributed by atoms with Gasteiger partial charge in [-0.1, -0.05) is 41.4 Å². The molecule has 0 aliphatic carbocycles. The third-order valence-corrected chi connectivity index (χ3v) is 4.59. The fourth-order valence-corrected chi connectivity index (χ4v) is 3.36. The van der Waals surface area contributed by atoms with Crippen LogP contribution < -0.4 is 10.6 Å². The van der Waals surface area contributed by atoms with Gasteiger partial charge in [-0.3, -0.25) is 4.79 Å². The number of aliphatic imine (C=N–C) groups is 1. The van der Waals surface area contributed by atoms with Crippen molar-refractivity contribution in [3.63, 3.8) is 0 Å². The van der Waals surface area contributed by atoms with Crippen molar-refractivity contribution >= 4 is 46.2 Å². The Morgan fingerprint density at radius 3 is 2.60 bits per heavy atom. The van der Waals surface area contributed by atoms with E-state index in [0.717, 1.165) is 16.8 Å². The fourth-order valence-electron chi connectivity index (χ4n) is 2.89. The van der Waals surface area contributed by atoms with E-state index in [9.17, 15) is 4.79 Å². The predicted octanol–water partition coefficient (Wildman–Crippen LogP) is 4.29. The zero-order valence-corrected chi connectivity index (χ0v) is 15.5. The van der Waals surface area contributed by atoms with E-state index in [2.05, 4.69) is 15.6 Å². The van der Waals surface area contributed by atoms with Crippen LogP contribution in [-0.2, 0) is 4.79 Å². The molecule has 6 heteroatoms. The van der Waals surface area contributed by atoms with Crippen molar-refractivity contribution in [3.05, 3.63) is 64.7 Å². The second-order valence-electron chi connectivity index (χ2n) is 6.07. The lowest BCUT2D eigenvalue weighted by molar-refractivity contribution is -0.118. The minimum atomic E-state index is -0.480. The van der Waals surface area contributed by atoms with E-state index in [0.29, 0.717) is 15.8 Å². The molecule has 0 saturated carbocycles. The molecule has 1 aliphatic heterocycles. The first-order valence-electron chi connectivity index (χ1n) is 7.93. The molecule has 128 valence electrons. The molecule has 1 aliphatic rings. The second-order valence-corrected chi connectivity index (χ2v) is 6.89. The molecule has 0 bridgehead atoms. The molecule has 0 radical (unpaired) electrons. The molecule has 2 aromatic rings. The van der Waals surface area contributed by atoms with Gasteiger partial charge in [-0.2, -0.15) is 0 Å². The Morgan fingerprint density at radius 1 is 1.20 bits per heavy atom. The summed E-state index contributed by atoms with van der Waals surface area (Å²) >= 11 is 11.3. The molecule has 0 fully saturated rings. The van der Waals surface area contributed by atoms with Crippen molar-refractivity contribution in [2.75, 3.05) is 5.32 Å². The highest BCUT2D eigenvalue weighted by molar-refractivity contribution is 7.80. The number of anilines is 1. The summed E-state index contributed by atoms with van der Waals surface area (Å²) in [5.74, 6) is -0.614. The molecule has 4 nitrogen and oxygen atoms in total. The molecular weight excluding hydrogens is 354 g/mol. The van der Waals surface area contributed by atoms with Gasteiger partial charge in [0, 0.05) is 16.4 Å². The van der Waals surface area contributed by atoms with Gasteiger partial charge in [-0.25, -0.2) is 4.99 Å². The first-order chi connectivity index (χ1) is 11.9. The number of amides is 1. The Bertz CT molecular complexity index is 848. The number of rotatable bonds is 3. The monoisotopic (exact) mass is 371 g/mol. The molecule has 1 heterocycles. The number of carbonyl (C=O) groups is 1. The van der Waals surface area contributed by atoms with Crippen LogP contribution in [0, 0.1) is 12.8 Å². The maximum atomic E-state index is 12.9. The zero-order valence-electron chi connectivity index (χ0n) is 13.9. The molecule has 3 rings (SSSR count). The van der Waals surface area contributed by atoms with E-state index in [-0.39, 0.29) is 11.9 Å². The van der Waals surface area contributed by atoms with Gasteiger partial charge in [0.2, 0.25) is 5.91 Å². The van der Waals surface area contributed by atoms with Crippen LogP contribution in [-0.4, -0.2) is 16.7 Å². The standard InChI is InChI=1S/C19H18ClN3OS/c1-11-6-8-15(9-7-11)22-18(24)16-12(2)21-19(25)23-17(16)13-4-3-5-14(20)10-13/h3-10,16-17H,1-2H3,(H,22,24)(H,23,25). The number of thiocarbonyl (C=S) groups is 1. The van der Waals surface area contributed by atoms with E-state index in [4.69, 9.17) is 23.8 Å². The first kappa shape index (κ1) is 17.6. The predicted molar refractivity (Wildman–Crippen MR) is 106 cm³/mol. The highest BCUT2D eigenvalue weighted by atomic mass is 35.5. The van der Waals surface area contributed by atoms with Crippen molar-refractivity contribution < 1.29 is 4.79 Å². The number of halogens is 1. The fraction of sp³-hybridized carbons (Fsp3) is 0.211. The largest absolute Gasteiger partial charge is 0.353 e. The number of hydrogen-bond acceptors (Lipinski definition) is 2. The molecular formula is C19H18ClN3OS. The quantitative estimate of drug-likeness (QED) is 0.791. The maximum absolute atomic E-state index is 12.9. The van der Waals surface area contributed by atoms with Crippen LogP contribution >= 0.6 is 23.8 Å². The van der Waals surface area contributed by atoms with E-state index in [1.165, 1.54) is 0 Å². The summed E-state index contributed by atoms with van der Waals surface area (Å²) in [6.45, 7) is 3.83. The second kappa shape index (κ2) is 7.33. The van der Waals surface area contributed by atoms with Gasteiger partial charge in [0.15, 0.2) is 5.11 Å². The number of nitrogens with one attached hydrogen (secondary N) is 2. The molecule has 25 heavy (non-hydrogen) atoms. The summed E-state index contributed by atoms with van der Waals surface area (Å²) in [5, 5.41) is 7.09. The summed E-state index contributed by atoms with van der Waals surface area (Å²) in [5.41, 5.74) is 3.46. The van der Waals surface area contributed by atoms with Gasteiger partial charge in [0.05, 0.1) is 6.04 Å². The van der Waals surface area contributed by atoms with Crippen molar-refractivity contribution in [1.82, 2.24) is 5.32 Å². The summed E-state index contributed by atoms with van der Waals surface area (Å²) in [7, 11) is 0. The Labute approximate surface area is 157 Å². The number of aryl methyl sites for hydroxylation is 1.